The summed E-state index contributed by atoms with van der Waals surface area (Å²) in [6.07, 6.45) is 0.637. The summed E-state index contributed by atoms with van der Waals surface area (Å²) in [5.74, 6) is 0.00925. The fourth-order valence-corrected chi connectivity index (χ4v) is 4.70. The van der Waals surface area contributed by atoms with Gasteiger partial charge in [-0.2, -0.15) is 0 Å². The molecule has 0 aliphatic carbocycles. The van der Waals surface area contributed by atoms with Crippen molar-refractivity contribution in [2.24, 2.45) is 0 Å². The van der Waals surface area contributed by atoms with E-state index in [1.165, 1.54) is 4.31 Å². The van der Waals surface area contributed by atoms with Gasteiger partial charge in [0.25, 0.3) is 5.91 Å². The van der Waals surface area contributed by atoms with Crippen molar-refractivity contribution in [3.63, 3.8) is 0 Å². The molecule has 1 amide bonds. The van der Waals surface area contributed by atoms with Gasteiger partial charge in [0.1, 0.15) is 0 Å². The molecule has 1 unspecified atom stereocenters. The van der Waals surface area contributed by atoms with Crippen LogP contribution in [0.25, 0.3) is 0 Å². The van der Waals surface area contributed by atoms with Gasteiger partial charge in [-0.1, -0.05) is 24.3 Å². The van der Waals surface area contributed by atoms with Gasteiger partial charge in [0, 0.05) is 12.1 Å². The molecule has 0 bridgehead atoms. The Labute approximate surface area is 148 Å². The highest BCUT2D eigenvalue weighted by Crippen LogP contribution is 2.24. The van der Waals surface area contributed by atoms with Gasteiger partial charge >= 0.3 is 0 Å². The monoisotopic (exact) mass is 358 g/mol. The topological polar surface area (TPSA) is 66.5 Å². The maximum atomic E-state index is 12.5. The van der Waals surface area contributed by atoms with Crippen LogP contribution < -0.4 is 9.62 Å². The van der Waals surface area contributed by atoms with Gasteiger partial charge < -0.3 is 5.32 Å². The normalized spacial score (nSPS) is 17.3. The molecule has 132 valence electrons. The van der Waals surface area contributed by atoms with E-state index in [1.54, 1.807) is 24.3 Å². The molecule has 25 heavy (non-hydrogen) atoms. The Bertz CT molecular complexity index is 876. The van der Waals surface area contributed by atoms with Crippen molar-refractivity contribution in [3.05, 3.63) is 65.2 Å². The molecular formula is C19H22N2O3S. The van der Waals surface area contributed by atoms with E-state index in [2.05, 4.69) is 5.32 Å². The summed E-state index contributed by atoms with van der Waals surface area (Å²) in [6, 6.07) is 14.6. The van der Waals surface area contributed by atoms with Crippen molar-refractivity contribution in [2.45, 2.75) is 26.3 Å². The Kier molecular flexibility index (Phi) is 4.81. The van der Waals surface area contributed by atoms with Crippen LogP contribution in [0.1, 0.15) is 40.9 Å². The van der Waals surface area contributed by atoms with Crippen molar-refractivity contribution in [1.29, 1.82) is 0 Å². The number of anilines is 1. The number of nitrogens with one attached hydrogen (secondary N) is 1. The van der Waals surface area contributed by atoms with E-state index in [0.717, 1.165) is 11.1 Å². The van der Waals surface area contributed by atoms with Crippen LogP contribution in [0.15, 0.2) is 48.5 Å². The molecule has 1 N–H and O–H groups in total. The molecule has 1 heterocycles. The molecule has 1 atom stereocenters. The van der Waals surface area contributed by atoms with E-state index in [9.17, 15) is 13.2 Å². The molecule has 1 aliphatic heterocycles. The van der Waals surface area contributed by atoms with Gasteiger partial charge in [-0.05, 0) is 55.7 Å². The summed E-state index contributed by atoms with van der Waals surface area (Å²) in [5, 5.41) is 2.99. The average molecular weight is 358 g/mol. The van der Waals surface area contributed by atoms with Gasteiger partial charge in [-0.25, -0.2) is 8.42 Å². The van der Waals surface area contributed by atoms with Crippen LogP contribution in [-0.4, -0.2) is 26.6 Å². The highest BCUT2D eigenvalue weighted by molar-refractivity contribution is 7.93. The largest absolute Gasteiger partial charge is 0.346 e. The molecule has 5 nitrogen and oxygen atoms in total. The molecule has 1 saturated heterocycles. The molecule has 6 heteroatoms. The molecule has 0 spiro atoms. The summed E-state index contributed by atoms with van der Waals surface area (Å²) in [7, 11) is -3.20. The third-order valence-corrected chi connectivity index (χ3v) is 6.39. The van der Waals surface area contributed by atoms with Crippen molar-refractivity contribution >= 4 is 21.6 Å². The Hall–Kier alpha value is -2.34. The van der Waals surface area contributed by atoms with Crippen LogP contribution in [0, 0.1) is 6.92 Å². The minimum atomic E-state index is -3.20. The van der Waals surface area contributed by atoms with Crippen LogP contribution in [0.3, 0.4) is 0 Å². The number of rotatable bonds is 4. The Morgan fingerprint density at radius 2 is 1.80 bits per heavy atom. The molecule has 0 aromatic heterocycles. The molecule has 1 aliphatic rings. The zero-order valence-corrected chi connectivity index (χ0v) is 15.2. The SMILES string of the molecule is Cc1ccccc1C(C)NC(=O)c1ccc(N2CCCS2(=O)=O)cc1. The van der Waals surface area contributed by atoms with Crippen molar-refractivity contribution in [3.8, 4) is 0 Å². The number of carbonyl (C=O) groups excluding carboxylic acids is 1. The number of nitrogens with zero attached hydrogens (tertiary/aromatic N) is 1. The van der Waals surface area contributed by atoms with Gasteiger partial charge in [0.2, 0.25) is 10.0 Å². The minimum absolute atomic E-state index is 0.104. The lowest BCUT2D eigenvalue weighted by Crippen LogP contribution is -2.27. The highest BCUT2D eigenvalue weighted by Gasteiger charge is 2.28. The third kappa shape index (κ3) is 3.69. The lowest BCUT2D eigenvalue weighted by molar-refractivity contribution is 0.0940. The maximum Gasteiger partial charge on any atom is 0.251 e. The summed E-state index contributed by atoms with van der Waals surface area (Å²) < 4.78 is 25.3. The van der Waals surface area contributed by atoms with Crippen LogP contribution in [-0.2, 0) is 10.0 Å². The van der Waals surface area contributed by atoms with Crippen molar-refractivity contribution in [2.75, 3.05) is 16.6 Å². The van der Waals surface area contributed by atoms with Crippen LogP contribution in [0.4, 0.5) is 5.69 Å². The van der Waals surface area contributed by atoms with E-state index in [-0.39, 0.29) is 17.7 Å². The van der Waals surface area contributed by atoms with E-state index in [4.69, 9.17) is 0 Å². The molecule has 0 saturated carbocycles. The molecular weight excluding hydrogens is 336 g/mol. The van der Waals surface area contributed by atoms with Gasteiger partial charge in [0.15, 0.2) is 0 Å². The van der Waals surface area contributed by atoms with Crippen LogP contribution in [0.5, 0.6) is 0 Å². The van der Waals surface area contributed by atoms with E-state index < -0.39 is 10.0 Å². The lowest BCUT2D eigenvalue weighted by atomic mass is 10.0. The quantitative estimate of drug-likeness (QED) is 0.913. The second-order valence-corrected chi connectivity index (χ2v) is 8.35. The summed E-state index contributed by atoms with van der Waals surface area (Å²) in [5.41, 5.74) is 3.34. The number of hydrogen-bond donors (Lipinski definition) is 1. The first-order valence-corrected chi connectivity index (χ1v) is 9.96. The maximum absolute atomic E-state index is 12.5. The van der Waals surface area contributed by atoms with Gasteiger partial charge in [-0.3, -0.25) is 9.10 Å². The highest BCUT2D eigenvalue weighted by atomic mass is 32.2. The first kappa shape index (κ1) is 17.5. The van der Waals surface area contributed by atoms with Crippen molar-refractivity contribution < 1.29 is 13.2 Å². The second kappa shape index (κ2) is 6.88. The first-order valence-electron chi connectivity index (χ1n) is 8.35. The molecule has 0 radical (unpaired) electrons. The van der Waals surface area contributed by atoms with E-state index in [1.807, 2.05) is 38.1 Å². The van der Waals surface area contributed by atoms with E-state index >= 15 is 0 Å². The molecule has 2 aromatic carbocycles. The number of amides is 1. The molecule has 1 fully saturated rings. The van der Waals surface area contributed by atoms with Crippen LogP contribution in [0.2, 0.25) is 0 Å². The Morgan fingerprint density at radius 3 is 2.40 bits per heavy atom. The predicted molar refractivity (Wildman–Crippen MR) is 99.3 cm³/mol. The molecule has 2 aromatic rings. The number of carbonyl (C=O) groups is 1. The zero-order chi connectivity index (χ0) is 18.0. The van der Waals surface area contributed by atoms with Crippen molar-refractivity contribution in [1.82, 2.24) is 5.32 Å². The van der Waals surface area contributed by atoms with E-state index in [0.29, 0.717) is 24.2 Å². The Balaban J connectivity index is 1.72. The average Bonchev–Trinajstić information content (AvgIpc) is 2.94. The van der Waals surface area contributed by atoms with Crippen LogP contribution >= 0.6 is 0 Å². The smallest absolute Gasteiger partial charge is 0.251 e. The lowest BCUT2D eigenvalue weighted by Gasteiger charge is -2.18. The Morgan fingerprint density at radius 1 is 1.12 bits per heavy atom. The summed E-state index contributed by atoms with van der Waals surface area (Å²) in [6.45, 7) is 4.47. The fourth-order valence-electron chi connectivity index (χ4n) is 3.14. The standard InChI is InChI=1S/C19H22N2O3S/c1-14-6-3-4-7-18(14)15(2)20-19(22)16-8-10-17(11-9-16)21-12-5-13-25(21,23)24/h3-4,6-11,15H,5,12-13H2,1-2H3,(H,20,22). The van der Waals surface area contributed by atoms with Gasteiger partial charge in [-0.15, -0.1) is 0 Å². The molecule has 3 rings (SSSR count). The number of benzene rings is 2. The zero-order valence-electron chi connectivity index (χ0n) is 14.4. The number of aryl methyl sites for hydroxylation is 1. The predicted octanol–water partition coefficient (Wildman–Crippen LogP) is 3.03. The fraction of sp³-hybridized carbons (Fsp3) is 0.316. The summed E-state index contributed by atoms with van der Waals surface area (Å²) in [4.78, 5) is 12.5. The third-order valence-electron chi connectivity index (χ3n) is 4.52. The number of sulfonamides is 1. The minimum Gasteiger partial charge on any atom is -0.346 e. The summed E-state index contributed by atoms with van der Waals surface area (Å²) >= 11 is 0. The second-order valence-electron chi connectivity index (χ2n) is 6.34. The number of hydrogen-bond acceptors (Lipinski definition) is 3. The van der Waals surface area contributed by atoms with Gasteiger partial charge in [0.05, 0.1) is 17.5 Å². The first-order chi connectivity index (χ1) is 11.9.